The summed E-state index contributed by atoms with van der Waals surface area (Å²) in [5.41, 5.74) is 0.989. The number of carbonyl (C=O) groups is 1. The predicted molar refractivity (Wildman–Crippen MR) is 74.0 cm³/mol. The Morgan fingerprint density at radius 2 is 1.65 bits per heavy atom. The molecule has 1 atom stereocenters. The number of nitrogens with one attached hydrogen (secondary N) is 2. The fraction of sp³-hybridized carbons (Fsp3) is 0.786. The molecule has 17 heavy (non-hydrogen) atoms. The van der Waals surface area contributed by atoms with E-state index in [1.54, 1.807) is 0 Å². The number of hydrogen-bond donors (Lipinski definition) is 2. The zero-order chi connectivity index (χ0) is 13.9. The van der Waals surface area contributed by atoms with Gasteiger partial charge in [-0.2, -0.15) is 0 Å². The average molecular weight is 240 g/mol. The van der Waals surface area contributed by atoms with E-state index in [2.05, 4.69) is 58.8 Å². The standard InChI is InChI=1S/C14H28N2O/c1-9-15-12(17)16-11(14(6,7)8)10(2)13(3,4)5/h11H,2,9H2,1,3-8H3,(H2,15,16,17). The zero-order valence-corrected chi connectivity index (χ0v) is 12.4. The Labute approximate surface area is 106 Å². The van der Waals surface area contributed by atoms with Gasteiger partial charge < -0.3 is 10.6 Å². The minimum Gasteiger partial charge on any atom is -0.338 e. The molecule has 1 unspecified atom stereocenters. The molecule has 2 amide bonds. The molecule has 0 aromatic rings. The molecule has 0 rings (SSSR count). The van der Waals surface area contributed by atoms with Crippen molar-refractivity contribution in [3.63, 3.8) is 0 Å². The van der Waals surface area contributed by atoms with Crippen molar-refractivity contribution in [2.45, 2.75) is 54.5 Å². The predicted octanol–water partition coefficient (Wildman–Crippen LogP) is 3.32. The van der Waals surface area contributed by atoms with Crippen molar-refractivity contribution in [1.82, 2.24) is 10.6 Å². The van der Waals surface area contributed by atoms with Gasteiger partial charge in [-0.25, -0.2) is 4.79 Å². The van der Waals surface area contributed by atoms with Crippen molar-refractivity contribution in [3.05, 3.63) is 12.2 Å². The lowest BCUT2D eigenvalue weighted by Crippen LogP contribution is -2.50. The summed E-state index contributed by atoms with van der Waals surface area (Å²) in [4.78, 5) is 11.7. The highest BCUT2D eigenvalue weighted by atomic mass is 16.2. The fourth-order valence-corrected chi connectivity index (χ4v) is 1.60. The normalized spacial score (nSPS) is 14.1. The van der Waals surface area contributed by atoms with Crippen LogP contribution in [-0.4, -0.2) is 18.6 Å². The third kappa shape index (κ3) is 5.24. The van der Waals surface area contributed by atoms with Crippen molar-refractivity contribution < 1.29 is 4.79 Å². The lowest BCUT2D eigenvalue weighted by molar-refractivity contribution is 0.220. The zero-order valence-electron chi connectivity index (χ0n) is 12.4. The molecule has 3 nitrogen and oxygen atoms in total. The van der Waals surface area contributed by atoms with E-state index in [0.717, 1.165) is 5.57 Å². The lowest BCUT2D eigenvalue weighted by Gasteiger charge is -2.38. The first-order valence-corrected chi connectivity index (χ1v) is 6.23. The third-order valence-corrected chi connectivity index (χ3v) is 2.79. The molecule has 0 aliphatic carbocycles. The molecule has 100 valence electrons. The summed E-state index contributed by atoms with van der Waals surface area (Å²) >= 11 is 0. The summed E-state index contributed by atoms with van der Waals surface area (Å²) in [6, 6.07) is -0.160. The molecule has 3 heteroatoms. The third-order valence-electron chi connectivity index (χ3n) is 2.79. The Hall–Kier alpha value is -0.990. The molecule has 0 saturated heterocycles. The number of urea groups is 1. The maximum atomic E-state index is 11.7. The van der Waals surface area contributed by atoms with E-state index < -0.39 is 0 Å². The van der Waals surface area contributed by atoms with Crippen LogP contribution in [0.5, 0.6) is 0 Å². The monoisotopic (exact) mass is 240 g/mol. The van der Waals surface area contributed by atoms with Crippen LogP contribution >= 0.6 is 0 Å². The molecule has 0 aromatic carbocycles. The first kappa shape index (κ1) is 16.0. The molecule has 0 aliphatic rings. The topological polar surface area (TPSA) is 41.1 Å². The van der Waals surface area contributed by atoms with Crippen molar-refractivity contribution in [2.24, 2.45) is 10.8 Å². The van der Waals surface area contributed by atoms with Gasteiger partial charge in [-0.05, 0) is 23.3 Å². The van der Waals surface area contributed by atoms with E-state index >= 15 is 0 Å². The minimum absolute atomic E-state index is 0.0164. The molecule has 0 radical (unpaired) electrons. The Balaban J connectivity index is 4.92. The fourth-order valence-electron chi connectivity index (χ4n) is 1.60. The van der Waals surface area contributed by atoms with Crippen molar-refractivity contribution in [3.8, 4) is 0 Å². The van der Waals surface area contributed by atoms with Gasteiger partial charge >= 0.3 is 6.03 Å². The van der Waals surface area contributed by atoms with Crippen LogP contribution in [0.1, 0.15) is 48.5 Å². The quantitative estimate of drug-likeness (QED) is 0.730. The van der Waals surface area contributed by atoms with Gasteiger partial charge in [0.05, 0.1) is 6.04 Å². The van der Waals surface area contributed by atoms with Crippen LogP contribution < -0.4 is 10.6 Å². The molecule has 0 heterocycles. The van der Waals surface area contributed by atoms with Gasteiger partial charge in [0, 0.05) is 6.54 Å². The number of amides is 2. The molecule has 0 bridgehead atoms. The lowest BCUT2D eigenvalue weighted by atomic mass is 9.73. The first-order chi connectivity index (χ1) is 7.50. The van der Waals surface area contributed by atoms with Gasteiger partial charge in [-0.15, -0.1) is 0 Å². The van der Waals surface area contributed by atoms with E-state index in [9.17, 15) is 4.79 Å². The molecule has 0 aliphatic heterocycles. The summed E-state index contributed by atoms with van der Waals surface area (Å²) in [5.74, 6) is 0. The number of carbonyl (C=O) groups excluding carboxylic acids is 1. The van der Waals surface area contributed by atoms with Gasteiger partial charge in [0.15, 0.2) is 0 Å². The highest BCUT2D eigenvalue weighted by Gasteiger charge is 2.33. The van der Waals surface area contributed by atoms with Crippen LogP contribution in [0.3, 0.4) is 0 Å². The summed E-state index contributed by atoms with van der Waals surface area (Å²) in [7, 11) is 0. The molecule has 0 spiro atoms. The molecular weight excluding hydrogens is 212 g/mol. The highest BCUT2D eigenvalue weighted by molar-refractivity contribution is 5.74. The van der Waals surface area contributed by atoms with Gasteiger partial charge in [0.2, 0.25) is 0 Å². The Morgan fingerprint density at radius 1 is 1.18 bits per heavy atom. The minimum atomic E-state index is -0.127. The second-order valence-corrected chi connectivity index (χ2v) is 6.58. The van der Waals surface area contributed by atoms with E-state index in [0.29, 0.717) is 6.54 Å². The van der Waals surface area contributed by atoms with E-state index in [1.807, 2.05) is 6.92 Å². The largest absolute Gasteiger partial charge is 0.338 e. The van der Waals surface area contributed by atoms with Gasteiger partial charge in [-0.1, -0.05) is 48.1 Å². The van der Waals surface area contributed by atoms with Crippen LogP contribution in [0, 0.1) is 10.8 Å². The Bertz CT molecular complexity index is 282. The molecular formula is C14H28N2O. The van der Waals surface area contributed by atoms with Crippen LogP contribution in [0.2, 0.25) is 0 Å². The molecule has 2 N–H and O–H groups in total. The van der Waals surface area contributed by atoms with Crippen LogP contribution in [0.4, 0.5) is 4.79 Å². The van der Waals surface area contributed by atoms with Gasteiger partial charge in [0.1, 0.15) is 0 Å². The van der Waals surface area contributed by atoms with Gasteiger partial charge in [0.25, 0.3) is 0 Å². The molecule has 0 fully saturated rings. The smallest absolute Gasteiger partial charge is 0.315 e. The maximum Gasteiger partial charge on any atom is 0.315 e. The number of rotatable bonds is 3. The van der Waals surface area contributed by atoms with Crippen LogP contribution in [-0.2, 0) is 0 Å². The molecule has 0 aromatic heterocycles. The van der Waals surface area contributed by atoms with Crippen molar-refractivity contribution in [2.75, 3.05) is 6.54 Å². The average Bonchev–Trinajstić information content (AvgIpc) is 2.10. The summed E-state index contributed by atoms with van der Waals surface area (Å²) in [5, 5.41) is 5.78. The SMILES string of the molecule is C=C(C(NC(=O)NCC)C(C)(C)C)C(C)(C)C. The first-order valence-electron chi connectivity index (χ1n) is 6.23. The summed E-state index contributed by atoms with van der Waals surface area (Å²) in [6.45, 7) is 19.4. The summed E-state index contributed by atoms with van der Waals surface area (Å²) in [6.07, 6.45) is 0. The van der Waals surface area contributed by atoms with E-state index in [4.69, 9.17) is 0 Å². The second-order valence-electron chi connectivity index (χ2n) is 6.58. The molecule has 0 saturated carbocycles. The highest BCUT2D eigenvalue weighted by Crippen LogP contribution is 2.34. The maximum absolute atomic E-state index is 11.7. The van der Waals surface area contributed by atoms with E-state index in [1.165, 1.54) is 0 Å². The Kier molecular flexibility index (Phi) is 5.24. The van der Waals surface area contributed by atoms with Crippen LogP contribution in [0.15, 0.2) is 12.2 Å². The van der Waals surface area contributed by atoms with Crippen molar-refractivity contribution >= 4 is 6.03 Å². The van der Waals surface area contributed by atoms with Crippen molar-refractivity contribution in [1.29, 1.82) is 0 Å². The van der Waals surface area contributed by atoms with Crippen LogP contribution in [0.25, 0.3) is 0 Å². The second kappa shape index (κ2) is 5.56. The summed E-state index contributed by atoms with van der Waals surface area (Å²) < 4.78 is 0. The number of hydrogen-bond acceptors (Lipinski definition) is 1. The Morgan fingerprint density at radius 3 is 1.94 bits per heavy atom. The van der Waals surface area contributed by atoms with Gasteiger partial charge in [-0.3, -0.25) is 0 Å². The van der Waals surface area contributed by atoms with E-state index in [-0.39, 0.29) is 22.9 Å².